The van der Waals surface area contributed by atoms with Crippen molar-refractivity contribution in [3.63, 3.8) is 0 Å². The van der Waals surface area contributed by atoms with Crippen LogP contribution < -0.4 is 5.32 Å². The molecule has 0 saturated carbocycles. The van der Waals surface area contributed by atoms with E-state index in [0.29, 0.717) is 0 Å². The van der Waals surface area contributed by atoms with Crippen LogP contribution in [0.5, 0.6) is 0 Å². The van der Waals surface area contributed by atoms with Gasteiger partial charge in [0.2, 0.25) is 5.91 Å². The van der Waals surface area contributed by atoms with Crippen molar-refractivity contribution in [3.8, 4) is 0 Å². The number of amides is 1. The first-order valence-corrected chi connectivity index (χ1v) is 7.92. The molecule has 0 radical (unpaired) electrons. The lowest BCUT2D eigenvalue weighted by atomic mass is 10.0. The molecule has 1 heterocycles. The van der Waals surface area contributed by atoms with Crippen LogP contribution in [0.4, 0.5) is 0 Å². The Bertz CT molecular complexity index is 556. The molecule has 1 fully saturated rings. The predicted octanol–water partition coefficient (Wildman–Crippen LogP) is 2.97. The predicted molar refractivity (Wildman–Crippen MR) is 88.2 cm³/mol. The van der Waals surface area contributed by atoms with E-state index in [4.69, 9.17) is 0 Å². The molecule has 3 heteroatoms. The number of hydrogen-bond acceptors (Lipinski definition) is 2. The summed E-state index contributed by atoms with van der Waals surface area (Å²) in [5.74, 6) is 0.165. The zero-order valence-corrected chi connectivity index (χ0v) is 12.7. The normalized spacial score (nSPS) is 18.2. The van der Waals surface area contributed by atoms with Gasteiger partial charge in [0.25, 0.3) is 0 Å². The molecule has 0 unspecified atom stereocenters. The third-order valence-electron chi connectivity index (χ3n) is 4.15. The fourth-order valence-electron chi connectivity index (χ4n) is 3.02. The first kappa shape index (κ1) is 14.8. The molecular weight excluding hydrogens is 272 g/mol. The fourth-order valence-corrected chi connectivity index (χ4v) is 3.02. The second-order valence-electron chi connectivity index (χ2n) is 5.83. The van der Waals surface area contributed by atoms with Gasteiger partial charge in [0.15, 0.2) is 0 Å². The molecule has 2 aromatic rings. The summed E-state index contributed by atoms with van der Waals surface area (Å²) < 4.78 is 0. The van der Waals surface area contributed by atoms with Gasteiger partial charge in [0.1, 0.15) is 0 Å². The molecule has 0 bridgehead atoms. The summed E-state index contributed by atoms with van der Waals surface area (Å²) in [4.78, 5) is 14.6. The highest BCUT2D eigenvalue weighted by molar-refractivity contribution is 5.82. The molecule has 1 N–H and O–H groups in total. The van der Waals surface area contributed by atoms with Gasteiger partial charge in [-0.15, -0.1) is 0 Å². The summed E-state index contributed by atoms with van der Waals surface area (Å²) in [7, 11) is 0. The average molecular weight is 294 g/mol. The Morgan fingerprint density at radius 1 is 0.909 bits per heavy atom. The maximum Gasteiger partial charge on any atom is 0.237 e. The molecule has 3 nitrogen and oxygen atoms in total. The third-order valence-corrected chi connectivity index (χ3v) is 4.15. The van der Waals surface area contributed by atoms with Crippen molar-refractivity contribution in [1.29, 1.82) is 0 Å². The highest BCUT2D eigenvalue weighted by Crippen LogP contribution is 2.18. The highest BCUT2D eigenvalue weighted by atomic mass is 16.2. The van der Waals surface area contributed by atoms with Crippen molar-refractivity contribution in [1.82, 2.24) is 10.2 Å². The van der Waals surface area contributed by atoms with Crippen LogP contribution in [0.1, 0.15) is 24.0 Å². The van der Waals surface area contributed by atoms with Gasteiger partial charge in [0, 0.05) is 19.6 Å². The van der Waals surface area contributed by atoms with Gasteiger partial charge in [0.05, 0.1) is 6.04 Å². The van der Waals surface area contributed by atoms with E-state index >= 15 is 0 Å². The van der Waals surface area contributed by atoms with Crippen molar-refractivity contribution in [2.45, 2.75) is 32.0 Å². The molecular formula is C19H22N2O. The van der Waals surface area contributed by atoms with Gasteiger partial charge in [-0.05, 0) is 24.0 Å². The monoisotopic (exact) mass is 294 g/mol. The maximum absolute atomic E-state index is 12.3. The van der Waals surface area contributed by atoms with Gasteiger partial charge in [-0.1, -0.05) is 60.7 Å². The molecule has 0 aliphatic carbocycles. The number of piperidine rings is 1. The number of rotatable bonds is 5. The summed E-state index contributed by atoms with van der Waals surface area (Å²) in [6.07, 6.45) is 1.99. The third kappa shape index (κ3) is 3.74. The van der Waals surface area contributed by atoms with Crippen LogP contribution in [0.15, 0.2) is 60.7 Å². The molecule has 22 heavy (non-hydrogen) atoms. The topological polar surface area (TPSA) is 32.3 Å². The van der Waals surface area contributed by atoms with Crippen molar-refractivity contribution < 1.29 is 4.79 Å². The lowest BCUT2D eigenvalue weighted by Gasteiger charge is -2.33. The summed E-state index contributed by atoms with van der Waals surface area (Å²) >= 11 is 0. The number of nitrogens with zero attached hydrogens (tertiary/aromatic N) is 1. The van der Waals surface area contributed by atoms with Gasteiger partial charge in [-0.3, -0.25) is 9.69 Å². The minimum absolute atomic E-state index is 0.0332. The van der Waals surface area contributed by atoms with Crippen molar-refractivity contribution in [2.24, 2.45) is 0 Å². The quantitative estimate of drug-likeness (QED) is 0.919. The number of carbonyl (C=O) groups is 1. The summed E-state index contributed by atoms with van der Waals surface area (Å²) in [6, 6.07) is 20.7. The standard InChI is InChI=1S/C19H22N2O/c22-19-18(12-7-13-20-19)21(14-16-8-3-1-4-9-16)15-17-10-5-2-6-11-17/h1-6,8-11,18H,7,12-15H2,(H,20,22)/t18-/m0/s1. The van der Waals surface area contributed by atoms with Crippen molar-refractivity contribution in [2.75, 3.05) is 6.54 Å². The highest BCUT2D eigenvalue weighted by Gasteiger charge is 2.28. The molecule has 1 saturated heterocycles. The van der Waals surface area contributed by atoms with E-state index in [1.165, 1.54) is 11.1 Å². The number of benzene rings is 2. The SMILES string of the molecule is O=C1NCCC[C@@H]1N(Cc1ccccc1)Cc1ccccc1. The minimum atomic E-state index is -0.0332. The smallest absolute Gasteiger partial charge is 0.237 e. The van der Waals surface area contributed by atoms with E-state index < -0.39 is 0 Å². The lowest BCUT2D eigenvalue weighted by Crippen LogP contribution is -2.49. The zero-order chi connectivity index (χ0) is 15.2. The fraction of sp³-hybridized carbons (Fsp3) is 0.316. The molecule has 1 aliphatic rings. The Labute approximate surface area is 132 Å². The van der Waals surface area contributed by atoms with Gasteiger partial charge in [-0.25, -0.2) is 0 Å². The largest absolute Gasteiger partial charge is 0.355 e. The van der Waals surface area contributed by atoms with Crippen LogP contribution in [-0.4, -0.2) is 23.4 Å². The van der Waals surface area contributed by atoms with Crippen LogP contribution in [0.3, 0.4) is 0 Å². The average Bonchev–Trinajstić information content (AvgIpc) is 2.57. The number of carbonyl (C=O) groups excluding carboxylic acids is 1. The van der Waals surface area contributed by atoms with Crippen molar-refractivity contribution >= 4 is 5.91 Å². The molecule has 114 valence electrons. The number of hydrogen-bond donors (Lipinski definition) is 1. The Kier molecular flexibility index (Phi) is 4.86. The molecule has 0 aromatic heterocycles. The molecule has 0 spiro atoms. The maximum atomic E-state index is 12.3. The Hall–Kier alpha value is -2.13. The van der Waals surface area contributed by atoms with Crippen LogP contribution in [0.2, 0.25) is 0 Å². The zero-order valence-electron chi connectivity index (χ0n) is 12.7. The second-order valence-corrected chi connectivity index (χ2v) is 5.83. The lowest BCUT2D eigenvalue weighted by molar-refractivity contribution is -0.128. The van der Waals surface area contributed by atoms with Crippen LogP contribution in [0, 0.1) is 0 Å². The van der Waals surface area contributed by atoms with Gasteiger partial charge < -0.3 is 5.32 Å². The molecule has 1 aliphatic heterocycles. The first-order chi connectivity index (χ1) is 10.8. The van der Waals surface area contributed by atoms with E-state index in [0.717, 1.165) is 32.5 Å². The van der Waals surface area contributed by atoms with Crippen LogP contribution in [0.25, 0.3) is 0 Å². The van der Waals surface area contributed by atoms with Gasteiger partial charge >= 0.3 is 0 Å². The molecule has 1 amide bonds. The van der Waals surface area contributed by atoms with E-state index in [9.17, 15) is 4.79 Å². The van der Waals surface area contributed by atoms with E-state index in [2.05, 4.69) is 58.7 Å². The Balaban J connectivity index is 1.79. The Morgan fingerprint density at radius 3 is 1.95 bits per heavy atom. The van der Waals surface area contributed by atoms with E-state index in [1.807, 2.05) is 12.1 Å². The van der Waals surface area contributed by atoms with Crippen molar-refractivity contribution in [3.05, 3.63) is 71.8 Å². The Morgan fingerprint density at radius 2 is 1.45 bits per heavy atom. The van der Waals surface area contributed by atoms with E-state index in [1.54, 1.807) is 0 Å². The summed E-state index contributed by atoms with van der Waals surface area (Å²) in [5.41, 5.74) is 2.49. The molecule has 1 atom stereocenters. The first-order valence-electron chi connectivity index (χ1n) is 7.92. The van der Waals surface area contributed by atoms with Crippen LogP contribution in [-0.2, 0) is 17.9 Å². The van der Waals surface area contributed by atoms with Gasteiger partial charge in [-0.2, -0.15) is 0 Å². The molecule has 2 aromatic carbocycles. The summed E-state index contributed by atoms with van der Waals surface area (Å²) in [6.45, 7) is 2.40. The van der Waals surface area contributed by atoms with Crippen LogP contribution >= 0.6 is 0 Å². The minimum Gasteiger partial charge on any atom is -0.355 e. The number of nitrogens with one attached hydrogen (secondary N) is 1. The molecule has 3 rings (SSSR count). The second kappa shape index (κ2) is 7.23. The summed E-state index contributed by atoms with van der Waals surface area (Å²) in [5, 5.41) is 3.00. The van der Waals surface area contributed by atoms with E-state index in [-0.39, 0.29) is 11.9 Å².